The molecular weight excluding hydrogens is 292 g/mol. The summed E-state index contributed by atoms with van der Waals surface area (Å²) in [5.74, 6) is 0. The maximum absolute atomic E-state index is 9.39. The summed E-state index contributed by atoms with van der Waals surface area (Å²) in [7, 11) is 0.911. The number of aliphatic hydroxyl groups excluding tert-OH is 1. The highest BCUT2D eigenvalue weighted by Crippen LogP contribution is 2.12. The van der Waals surface area contributed by atoms with Gasteiger partial charge in [-0.25, -0.2) is 0 Å². The Morgan fingerprint density at radius 2 is 2.05 bits per heavy atom. The van der Waals surface area contributed by atoms with Crippen molar-refractivity contribution in [3.63, 3.8) is 0 Å². The van der Waals surface area contributed by atoms with Crippen molar-refractivity contribution in [3.8, 4) is 0 Å². The summed E-state index contributed by atoms with van der Waals surface area (Å²) < 4.78 is 10.2. The molecule has 0 fully saturated rings. The predicted molar refractivity (Wildman–Crippen MR) is 91.5 cm³/mol. The van der Waals surface area contributed by atoms with Crippen molar-refractivity contribution in [2.75, 3.05) is 14.2 Å². The lowest BCUT2D eigenvalue weighted by atomic mass is 10.3. The molecule has 0 aliphatic heterocycles. The van der Waals surface area contributed by atoms with Crippen LogP contribution in [0.25, 0.3) is 0 Å². The monoisotopic (exact) mass is 320 g/mol. The highest BCUT2D eigenvalue weighted by atomic mass is 32.1. The fourth-order valence-corrected chi connectivity index (χ4v) is 3.45. The minimum absolute atomic E-state index is 0. The normalized spacial score (nSPS) is 11.8. The van der Waals surface area contributed by atoms with E-state index < -0.39 is 14.3 Å². The molecule has 0 spiro atoms. The van der Waals surface area contributed by atoms with Crippen LogP contribution in [0.1, 0.15) is 18.2 Å². The second kappa shape index (κ2) is 11.6. The number of allylic oxidation sites excluding steroid dienone is 1. The van der Waals surface area contributed by atoms with Gasteiger partial charge < -0.3 is 14.0 Å². The summed E-state index contributed by atoms with van der Waals surface area (Å²) in [6.45, 7) is 7.40. The van der Waals surface area contributed by atoms with Crippen LogP contribution in [0, 0.1) is 0 Å². The first-order valence-corrected chi connectivity index (χ1v) is 9.23. The Hall–Kier alpha value is -0.246. The van der Waals surface area contributed by atoms with E-state index in [0.717, 1.165) is 6.42 Å². The maximum Gasteiger partial charge on any atom is 0.364 e. The van der Waals surface area contributed by atoms with Gasteiger partial charge in [0.15, 0.2) is 0 Å². The number of hydrogen-bond donors (Lipinski definition) is 1. The van der Waals surface area contributed by atoms with Crippen molar-refractivity contribution in [1.82, 2.24) is 0 Å². The second-order valence-electron chi connectivity index (χ2n) is 3.92. The molecule has 0 aromatic carbocycles. The molecule has 1 atom stereocenters. The Morgan fingerprint density at radius 1 is 1.47 bits per heavy atom. The lowest BCUT2D eigenvalue weighted by molar-refractivity contribution is 0.142. The van der Waals surface area contributed by atoms with Crippen LogP contribution in [-0.2, 0) is 15.3 Å². The van der Waals surface area contributed by atoms with Gasteiger partial charge in [0.05, 0.1) is 5.73 Å². The molecule has 0 amide bonds. The van der Waals surface area contributed by atoms with Gasteiger partial charge in [-0.3, -0.25) is 0 Å². The largest absolute Gasteiger partial charge is 0.396 e. The van der Waals surface area contributed by atoms with Crippen LogP contribution in [0.15, 0.2) is 30.2 Å². The zero-order valence-electron chi connectivity index (χ0n) is 11.7. The molecular formula is C13H28O3SSi2. The third kappa shape index (κ3) is 7.81. The molecule has 19 heavy (non-hydrogen) atoms. The fraction of sp³-hybridized carbons (Fsp3) is 0.538. The zero-order valence-corrected chi connectivity index (χ0v) is 13.5. The standard InChI is InChI=1S/C7H8S.C6H16O3Si.H4Si/c1-2-4-7-5-3-6-8-7;1-5-6(7)10(4,8-2)9-3;/h2-3,5-6H,1,4H2;6-7H,5H2,1-4H3;1H4. The van der Waals surface area contributed by atoms with Gasteiger partial charge in [0.25, 0.3) is 0 Å². The molecule has 6 heteroatoms. The van der Waals surface area contributed by atoms with E-state index in [1.807, 2.05) is 19.5 Å². The van der Waals surface area contributed by atoms with Crippen molar-refractivity contribution in [1.29, 1.82) is 0 Å². The van der Waals surface area contributed by atoms with E-state index in [0.29, 0.717) is 6.42 Å². The van der Waals surface area contributed by atoms with E-state index in [4.69, 9.17) is 8.85 Å². The Bertz CT molecular complexity index is 314. The molecule has 0 bridgehead atoms. The van der Waals surface area contributed by atoms with Gasteiger partial charge in [-0.05, 0) is 41.8 Å². The van der Waals surface area contributed by atoms with Crippen LogP contribution in [-0.4, -0.2) is 44.6 Å². The van der Waals surface area contributed by atoms with Crippen LogP contribution >= 0.6 is 11.3 Å². The fourth-order valence-electron chi connectivity index (χ4n) is 1.30. The molecule has 1 rings (SSSR count). The quantitative estimate of drug-likeness (QED) is 0.640. The number of rotatable bonds is 6. The molecule has 0 aliphatic carbocycles. The third-order valence-electron chi connectivity index (χ3n) is 2.73. The van der Waals surface area contributed by atoms with E-state index in [-0.39, 0.29) is 11.0 Å². The lowest BCUT2D eigenvalue weighted by Gasteiger charge is -2.26. The van der Waals surface area contributed by atoms with Crippen LogP contribution in [0.5, 0.6) is 0 Å². The average Bonchev–Trinajstić information content (AvgIpc) is 2.91. The summed E-state index contributed by atoms with van der Waals surface area (Å²) in [5.41, 5.74) is -0.428. The van der Waals surface area contributed by atoms with Gasteiger partial charge >= 0.3 is 8.56 Å². The number of hydrogen-bond acceptors (Lipinski definition) is 4. The SMILES string of the molecule is C=CCc1cccs1.CCC(O)[Si](C)(OC)OC.[SiH4]. The molecule has 3 nitrogen and oxygen atoms in total. The summed E-state index contributed by atoms with van der Waals surface area (Å²) in [5, 5.41) is 11.5. The highest BCUT2D eigenvalue weighted by Gasteiger charge is 2.36. The zero-order chi connectivity index (χ0) is 14.0. The van der Waals surface area contributed by atoms with Crippen molar-refractivity contribution in [2.24, 2.45) is 0 Å². The van der Waals surface area contributed by atoms with Crippen LogP contribution in [0.3, 0.4) is 0 Å². The number of thiophene rings is 1. The smallest absolute Gasteiger partial charge is 0.364 e. The van der Waals surface area contributed by atoms with Gasteiger partial charge in [-0.2, -0.15) is 0 Å². The molecule has 0 radical (unpaired) electrons. The van der Waals surface area contributed by atoms with Gasteiger partial charge in [0.1, 0.15) is 0 Å². The Balaban J connectivity index is 0. The average molecular weight is 321 g/mol. The van der Waals surface area contributed by atoms with Crippen molar-refractivity contribution in [2.45, 2.75) is 32.0 Å². The van der Waals surface area contributed by atoms with E-state index in [9.17, 15) is 5.11 Å². The van der Waals surface area contributed by atoms with E-state index in [1.54, 1.807) is 25.6 Å². The Kier molecular flexibility index (Phi) is 12.8. The van der Waals surface area contributed by atoms with E-state index >= 15 is 0 Å². The summed E-state index contributed by atoms with van der Waals surface area (Å²) >= 11 is 1.78. The summed E-state index contributed by atoms with van der Waals surface area (Å²) in [4.78, 5) is 1.39. The topological polar surface area (TPSA) is 38.7 Å². The molecule has 0 aliphatic rings. The molecule has 1 N–H and O–H groups in total. The van der Waals surface area contributed by atoms with Gasteiger partial charge in [-0.15, -0.1) is 17.9 Å². The summed E-state index contributed by atoms with van der Waals surface area (Å²) in [6, 6.07) is 4.18. The highest BCUT2D eigenvalue weighted by molar-refractivity contribution is 7.09. The van der Waals surface area contributed by atoms with Crippen LogP contribution < -0.4 is 0 Å². The van der Waals surface area contributed by atoms with Crippen molar-refractivity contribution < 1.29 is 14.0 Å². The molecule has 0 saturated heterocycles. The summed E-state index contributed by atoms with van der Waals surface area (Å²) in [6.07, 6.45) is 3.62. The molecule has 1 heterocycles. The minimum atomic E-state index is -2.25. The molecule has 1 aromatic rings. The predicted octanol–water partition coefficient (Wildman–Crippen LogP) is 1.69. The third-order valence-corrected chi connectivity index (χ3v) is 6.87. The Labute approximate surface area is 126 Å². The van der Waals surface area contributed by atoms with Crippen molar-refractivity contribution in [3.05, 3.63) is 35.0 Å². The number of aliphatic hydroxyl groups is 1. The van der Waals surface area contributed by atoms with E-state index in [1.165, 1.54) is 4.88 Å². The van der Waals surface area contributed by atoms with E-state index in [2.05, 4.69) is 24.1 Å². The van der Waals surface area contributed by atoms with Gasteiger partial charge in [0, 0.05) is 19.1 Å². The van der Waals surface area contributed by atoms with Gasteiger partial charge in [-0.1, -0.05) is 19.1 Å². The molecule has 112 valence electrons. The first-order chi connectivity index (χ1) is 8.53. The first-order valence-electron chi connectivity index (χ1n) is 5.95. The molecule has 1 unspecified atom stereocenters. The molecule has 0 saturated carbocycles. The molecule has 1 aromatic heterocycles. The first kappa shape index (κ1) is 21.1. The maximum atomic E-state index is 9.39. The minimum Gasteiger partial charge on any atom is -0.396 e. The lowest BCUT2D eigenvalue weighted by Crippen LogP contribution is -2.48. The van der Waals surface area contributed by atoms with Gasteiger partial charge in [0.2, 0.25) is 0 Å². The second-order valence-corrected chi connectivity index (χ2v) is 8.47. The Morgan fingerprint density at radius 3 is 2.32 bits per heavy atom. The van der Waals surface area contributed by atoms with Crippen LogP contribution in [0.2, 0.25) is 6.55 Å². The van der Waals surface area contributed by atoms with Crippen LogP contribution in [0.4, 0.5) is 0 Å². The van der Waals surface area contributed by atoms with Crippen molar-refractivity contribution >= 4 is 30.9 Å².